The maximum atomic E-state index is 12.6. The molecule has 1 heterocycles. The Balaban J connectivity index is 0.00000312. The first-order chi connectivity index (χ1) is 11.2. The molecule has 3 N–H and O–H groups in total. The van der Waals surface area contributed by atoms with E-state index in [0.717, 1.165) is 17.0 Å². The molecule has 0 radical (unpaired) electrons. The quantitative estimate of drug-likeness (QED) is 0.827. The van der Waals surface area contributed by atoms with Gasteiger partial charge < -0.3 is 11.1 Å². The lowest BCUT2D eigenvalue weighted by Gasteiger charge is -2.33. The second kappa shape index (κ2) is 8.50. The Kier molecular flexibility index (Phi) is 7.20. The first-order valence-electron chi connectivity index (χ1n) is 8.38. The van der Waals surface area contributed by atoms with Crippen LogP contribution in [0.2, 0.25) is 0 Å². The summed E-state index contributed by atoms with van der Waals surface area (Å²) in [4.78, 5) is 12.6. The number of nitrogens with two attached hydrogens (primary N) is 1. The van der Waals surface area contributed by atoms with Crippen LogP contribution in [-0.2, 0) is 6.54 Å². The Morgan fingerprint density at radius 1 is 1.32 bits per heavy atom. The first kappa shape index (κ1) is 21.2. The summed E-state index contributed by atoms with van der Waals surface area (Å²) in [5.74, 6) is 0.163. The number of hydrogen-bond donors (Lipinski definition) is 2. The van der Waals surface area contributed by atoms with Gasteiger partial charge in [0.1, 0.15) is 0 Å². The Morgan fingerprint density at radius 2 is 2.00 bits per heavy atom. The van der Waals surface area contributed by atoms with Crippen LogP contribution in [0.4, 0.5) is 0 Å². The summed E-state index contributed by atoms with van der Waals surface area (Å²) >= 11 is 0. The molecule has 1 aromatic heterocycles. The van der Waals surface area contributed by atoms with Crippen LogP contribution in [0.3, 0.4) is 0 Å². The molecule has 2 aromatic rings. The average molecular weight is 365 g/mol. The zero-order valence-corrected chi connectivity index (χ0v) is 16.5. The summed E-state index contributed by atoms with van der Waals surface area (Å²) in [5.41, 5.74) is 9.25. The summed E-state index contributed by atoms with van der Waals surface area (Å²) in [6.45, 7) is 11.2. The SMILES string of the molecule is Cc1cc(C)n(Cc2cccc(C(=O)NC(C)(CN)C(C)C)c2)n1.Cl. The Bertz CT molecular complexity index is 726. The van der Waals surface area contributed by atoms with Gasteiger partial charge in [0.25, 0.3) is 5.91 Å². The van der Waals surface area contributed by atoms with Gasteiger partial charge in [0.15, 0.2) is 0 Å². The number of aryl methyl sites for hydroxylation is 2. The van der Waals surface area contributed by atoms with Crippen LogP contribution in [0.5, 0.6) is 0 Å². The number of halogens is 1. The van der Waals surface area contributed by atoms with E-state index < -0.39 is 5.54 Å². The summed E-state index contributed by atoms with van der Waals surface area (Å²) in [6, 6.07) is 9.72. The van der Waals surface area contributed by atoms with E-state index in [9.17, 15) is 4.79 Å². The lowest BCUT2D eigenvalue weighted by Crippen LogP contribution is -2.55. The standard InChI is InChI=1S/C19H28N4O.ClH/c1-13(2)19(5,12-20)21-18(24)17-8-6-7-16(10-17)11-23-15(4)9-14(3)22-23;/h6-10,13H,11-12,20H2,1-5H3,(H,21,24);1H. The third-order valence-electron chi connectivity index (χ3n) is 4.72. The minimum absolute atomic E-state index is 0. The van der Waals surface area contributed by atoms with Crippen molar-refractivity contribution in [2.75, 3.05) is 6.54 Å². The molecule has 138 valence electrons. The molecule has 0 aliphatic carbocycles. The average Bonchev–Trinajstić information content (AvgIpc) is 2.84. The molecule has 25 heavy (non-hydrogen) atoms. The van der Waals surface area contributed by atoms with Crippen molar-refractivity contribution < 1.29 is 4.79 Å². The lowest BCUT2D eigenvalue weighted by molar-refractivity contribution is 0.0883. The van der Waals surface area contributed by atoms with E-state index in [4.69, 9.17) is 5.73 Å². The molecule has 0 fully saturated rings. The molecule has 0 aliphatic heterocycles. The minimum atomic E-state index is -0.414. The fraction of sp³-hybridized carbons (Fsp3) is 0.474. The normalized spacial score (nSPS) is 13.2. The van der Waals surface area contributed by atoms with Gasteiger partial charge >= 0.3 is 0 Å². The predicted octanol–water partition coefficient (Wildman–Crippen LogP) is 3.07. The molecule has 6 heteroatoms. The summed E-state index contributed by atoms with van der Waals surface area (Å²) in [6.07, 6.45) is 0. The number of nitrogens with zero attached hydrogens (tertiary/aromatic N) is 2. The Labute approximate surface area is 156 Å². The number of amides is 1. The number of aromatic nitrogens is 2. The predicted molar refractivity (Wildman–Crippen MR) is 104 cm³/mol. The number of hydrogen-bond acceptors (Lipinski definition) is 3. The number of carbonyl (C=O) groups is 1. The molecule has 1 amide bonds. The van der Waals surface area contributed by atoms with Crippen LogP contribution in [-0.4, -0.2) is 27.8 Å². The molecule has 0 saturated heterocycles. The van der Waals surface area contributed by atoms with Gasteiger partial charge in [-0.25, -0.2) is 0 Å². The van der Waals surface area contributed by atoms with Gasteiger partial charge in [0.2, 0.25) is 0 Å². The van der Waals surface area contributed by atoms with Crippen LogP contribution in [0.1, 0.15) is 48.1 Å². The van der Waals surface area contributed by atoms with E-state index in [1.807, 2.05) is 55.8 Å². The number of carbonyl (C=O) groups excluding carboxylic acids is 1. The van der Waals surface area contributed by atoms with Gasteiger partial charge in [-0.05, 0) is 50.5 Å². The Morgan fingerprint density at radius 3 is 2.52 bits per heavy atom. The van der Waals surface area contributed by atoms with Crippen LogP contribution < -0.4 is 11.1 Å². The second-order valence-corrected chi connectivity index (χ2v) is 7.02. The Hall–Kier alpha value is -1.85. The highest BCUT2D eigenvalue weighted by atomic mass is 35.5. The van der Waals surface area contributed by atoms with Crippen molar-refractivity contribution in [3.05, 3.63) is 52.8 Å². The fourth-order valence-electron chi connectivity index (χ4n) is 2.58. The molecule has 1 unspecified atom stereocenters. The van der Waals surface area contributed by atoms with Crippen molar-refractivity contribution in [1.29, 1.82) is 0 Å². The zero-order valence-electron chi connectivity index (χ0n) is 15.7. The fourth-order valence-corrected chi connectivity index (χ4v) is 2.58. The van der Waals surface area contributed by atoms with Crippen molar-refractivity contribution in [2.24, 2.45) is 11.7 Å². The molecule has 0 bridgehead atoms. The topological polar surface area (TPSA) is 72.9 Å². The molecule has 5 nitrogen and oxygen atoms in total. The maximum Gasteiger partial charge on any atom is 0.251 e. The maximum absolute atomic E-state index is 12.6. The lowest BCUT2D eigenvalue weighted by atomic mass is 9.88. The van der Waals surface area contributed by atoms with Gasteiger partial charge in [-0.1, -0.05) is 26.0 Å². The van der Waals surface area contributed by atoms with Gasteiger partial charge in [0, 0.05) is 17.8 Å². The smallest absolute Gasteiger partial charge is 0.251 e. The van der Waals surface area contributed by atoms with E-state index in [1.165, 1.54) is 0 Å². The van der Waals surface area contributed by atoms with E-state index >= 15 is 0 Å². The van der Waals surface area contributed by atoms with Crippen LogP contribution in [0.25, 0.3) is 0 Å². The molecule has 0 saturated carbocycles. The largest absolute Gasteiger partial charge is 0.345 e. The molecule has 0 spiro atoms. The molecule has 0 aliphatic rings. The number of rotatable bonds is 6. The molecule has 2 rings (SSSR count). The van der Waals surface area contributed by atoms with E-state index in [-0.39, 0.29) is 24.2 Å². The first-order valence-corrected chi connectivity index (χ1v) is 8.38. The van der Waals surface area contributed by atoms with Crippen molar-refractivity contribution in [2.45, 2.75) is 46.7 Å². The zero-order chi connectivity index (χ0) is 17.9. The van der Waals surface area contributed by atoms with Crippen LogP contribution >= 0.6 is 12.4 Å². The minimum Gasteiger partial charge on any atom is -0.345 e. The van der Waals surface area contributed by atoms with Crippen LogP contribution in [0.15, 0.2) is 30.3 Å². The molecular formula is C19H29ClN4O. The summed E-state index contributed by atoms with van der Waals surface area (Å²) < 4.78 is 1.95. The van der Waals surface area contributed by atoms with Crippen molar-refractivity contribution in [3.63, 3.8) is 0 Å². The monoisotopic (exact) mass is 364 g/mol. The van der Waals surface area contributed by atoms with Crippen molar-refractivity contribution >= 4 is 18.3 Å². The van der Waals surface area contributed by atoms with Crippen molar-refractivity contribution in [1.82, 2.24) is 15.1 Å². The van der Waals surface area contributed by atoms with E-state index in [2.05, 4.69) is 24.3 Å². The number of benzene rings is 1. The highest BCUT2D eigenvalue weighted by molar-refractivity contribution is 5.94. The highest BCUT2D eigenvalue weighted by Gasteiger charge is 2.28. The van der Waals surface area contributed by atoms with Gasteiger partial charge in [-0.3, -0.25) is 9.48 Å². The van der Waals surface area contributed by atoms with Gasteiger partial charge in [-0.2, -0.15) is 5.10 Å². The van der Waals surface area contributed by atoms with E-state index in [1.54, 1.807) is 0 Å². The molecule has 1 aromatic carbocycles. The summed E-state index contributed by atoms with van der Waals surface area (Å²) in [5, 5.41) is 7.55. The van der Waals surface area contributed by atoms with Crippen LogP contribution in [0, 0.1) is 19.8 Å². The molecule has 1 atom stereocenters. The summed E-state index contributed by atoms with van der Waals surface area (Å²) in [7, 11) is 0. The second-order valence-electron chi connectivity index (χ2n) is 7.02. The van der Waals surface area contributed by atoms with Gasteiger partial charge in [0.05, 0.1) is 17.8 Å². The van der Waals surface area contributed by atoms with Gasteiger partial charge in [-0.15, -0.1) is 12.4 Å². The number of nitrogens with one attached hydrogen (secondary N) is 1. The third-order valence-corrected chi connectivity index (χ3v) is 4.72. The molecular weight excluding hydrogens is 336 g/mol. The van der Waals surface area contributed by atoms with E-state index in [0.29, 0.717) is 18.7 Å². The highest BCUT2D eigenvalue weighted by Crippen LogP contribution is 2.16. The third kappa shape index (κ3) is 5.06. The van der Waals surface area contributed by atoms with Crippen molar-refractivity contribution in [3.8, 4) is 0 Å².